The van der Waals surface area contributed by atoms with Gasteiger partial charge in [-0.2, -0.15) is 0 Å². The van der Waals surface area contributed by atoms with E-state index in [1.807, 2.05) is 26.2 Å². The van der Waals surface area contributed by atoms with Crippen LogP contribution in [0, 0.1) is 0 Å². The molecule has 1 N–H and O–H groups in total. The van der Waals surface area contributed by atoms with Crippen molar-refractivity contribution in [2.45, 2.75) is 31.4 Å². The highest BCUT2D eigenvalue weighted by molar-refractivity contribution is 5.78. The Morgan fingerprint density at radius 3 is 2.78 bits per heavy atom. The Morgan fingerprint density at radius 2 is 1.96 bits per heavy atom. The van der Waals surface area contributed by atoms with Crippen LogP contribution in [0.15, 0.2) is 36.4 Å². The zero-order valence-corrected chi connectivity index (χ0v) is 14.2. The number of likely N-dealkylation sites (tertiary alicyclic amines) is 1. The van der Waals surface area contributed by atoms with Gasteiger partial charge in [-0.15, -0.1) is 0 Å². The highest BCUT2D eigenvalue weighted by atomic mass is 16.3. The molecule has 124 valence electrons. The van der Waals surface area contributed by atoms with Gasteiger partial charge in [0.2, 0.25) is 0 Å². The van der Waals surface area contributed by atoms with Crippen LogP contribution in [0.25, 0.3) is 10.9 Å². The summed E-state index contributed by atoms with van der Waals surface area (Å²) in [4.78, 5) is 9.28. The summed E-state index contributed by atoms with van der Waals surface area (Å²) in [5, 5.41) is 12.0. The van der Waals surface area contributed by atoms with Crippen molar-refractivity contribution in [1.82, 2.24) is 14.8 Å². The van der Waals surface area contributed by atoms with Crippen LogP contribution in [0.1, 0.15) is 25.0 Å². The molecule has 1 atom stereocenters. The molecule has 0 saturated carbocycles. The molecular formula is C19H27N3O. The second-order valence-corrected chi connectivity index (χ2v) is 7.09. The first-order valence-electron chi connectivity index (χ1n) is 8.48. The molecule has 1 fully saturated rings. The Kier molecular flexibility index (Phi) is 4.95. The van der Waals surface area contributed by atoms with Crippen molar-refractivity contribution in [3.63, 3.8) is 0 Å². The Morgan fingerprint density at radius 1 is 1.13 bits per heavy atom. The first-order chi connectivity index (χ1) is 11.0. The van der Waals surface area contributed by atoms with Gasteiger partial charge in [0.25, 0.3) is 0 Å². The summed E-state index contributed by atoms with van der Waals surface area (Å²) in [6.07, 6.45) is 2.75. The van der Waals surface area contributed by atoms with Crippen molar-refractivity contribution in [2.24, 2.45) is 0 Å². The normalized spacial score (nSPS) is 23.3. The molecule has 1 aromatic heterocycles. The van der Waals surface area contributed by atoms with E-state index in [0.717, 1.165) is 56.7 Å². The van der Waals surface area contributed by atoms with E-state index in [4.69, 9.17) is 4.98 Å². The van der Waals surface area contributed by atoms with Gasteiger partial charge in [-0.05, 0) is 52.0 Å². The number of aliphatic hydroxyl groups is 1. The predicted molar refractivity (Wildman–Crippen MR) is 94.4 cm³/mol. The van der Waals surface area contributed by atoms with E-state index in [-0.39, 0.29) is 0 Å². The number of hydrogen-bond acceptors (Lipinski definition) is 4. The van der Waals surface area contributed by atoms with Crippen molar-refractivity contribution in [2.75, 3.05) is 33.7 Å². The lowest BCUT2D eigenvalue weighted by Gasteiger charge is -2.30. The zero-order chi connectivity index (χ0) is 16.3. The van der Waals surface area contributed by atoms with Gasteiger partial charge in [0.05, 0.1) is 16.8 Å². The monoisotopic (exact) mass is 313 g/mol. The first-order valence-corrected chi connectivity index (χ1v) is 8.48. The summed E-state index contributed by atoms with van der Waals surface area (Å²) in [6, 6.07) is 12.5. The molecule has 2 aromatic rings. The van der Waals surface area contributed by atoms with Gasteiger partial charge in [-0.3, -0.25) is 9.88 Å². The number of benzene rings is 1. The molecular weight excluding hydrogens is 286 g/mol. The number of likely N-dealkylation sites (N-methyl/N-ethyl adjacent to an activating group) is 1. The summed E-state index contributed by atoms with van der Waals surface area (Å²) >= 11 is 0. The lowest BCUT2D eigenvalue weighted by Crippen LogP contribution is -2.40. The van der Waals surface area contributed by atoms with Crippen LogP contribution in [0.3, 0.4) is 0 Å². The lowest BCUT2D eigenvalue weighted by molar-refractivity contribution is 0.00255. The number of aromatic nitrogens is 1. The number of para-hydroxylation sites is 1. The summed E-state index contributed by atoms with van der Waals surface area (Å²) in [7, 11) is 4.05. The zero-order valence-electron chi connectivity index (χ0n) is 14.2. The van der Waals surface area contributed by atoms with Gasteiger partial charge in [-0.1, -0.05) is 24.3 Å². The van der Waals surface area contributed by atoms with E-state index in [2.05, 4.69) is 34.1 Å². The van der Waals surface area contributed by atoms with Gasteiger partial charge in [0.15, 0.2) is 0 Å². The number of fused-ring (bicyclic) bond motifs is 1. The molecule has 0 amide bonds. The van der Waals surface area contributed by atoms with E-state index in [1.54, 1.807) is 0 Å². The average Bonchev–Trinajstić information content (AvgIpc) is 2.68. The molecule has 1 aliphatic heterocycles. The molecule has 1 saturated heterocycles. The van der Waals surface area contributed by atoms with Crippen LogP contribution in [0.4, 0.5) is 0 Å². The molecule has 0 aliphatic carbocycles. The molecule has 4 heteroatoms. The van der Waals surface area contributed by atoms with Gasteiger partial charge >= 0.3 is 0 Å². The van der Waals surface area contributed by atoms with Crippen LogP contribution >= 0.6 is 0 Å². The van der Waals surface area contributed by atoms with Crippen molar-refractivity contribution < 1.29 is 5.11 Å². The van der Waals surface area contributed by atoms with Gasteiger partial charge in [0, 0.05) is 25.0 Å². The summed E-state index contributed by atoms with van der Waals surface area (Å²) in [6.45, 7) is 3.57. The SMILES string of the molecule is CN(C)C[C@@]1(O)CCCN(Cc2ccc3ccccc3n2)CC1. The Balaban J connectivity index is 1.65. The molecule has 1 aliphatic rings. The summed E-state index contributed by atoms with van der Waals surface area (Å²) in [5.41, 5.74) is 1.63. The number of rotatable bonds is 4. The first kappa shape index (κ1) is 16.4. The predicted octanol–water partition coefficient (Wildman–Crippen LogP) is 2.51. The molecule has 23 heavy (non-hydrogen) atoms. The van der Waals surface area contributed by atoms with Crippen molar-refractivity contribution >= 4 is 10.9 Å². The minimum atomic E-state index is -0.547. The Bertz CT molecular complexity index is 658. The van der Waals surface area contributed by atoms with Gasteiger partial charge in [-0.25, -0.2) is 0 Å². The summed E-state index contributed by atoms with van der Waals surface area (Å²) in [5.74, 6) is 0. The van der Waals surface area contributed by atoms with Crippen LogP contribution in [-0.4, -0.2) is 59.2 Å². The average molecular weight is 313 g/mol. The van der Waals surface area contributed by atoms with Crippen LogP contribution < -0.4 is 0 Å². The second-order valence-electron chi connectivity index (χ2n) is 7.09. The lowest BCUT2D eigenvalue weighted by atomic mass is 9.94. The Hall–Kier alpha value is -1.49. The number of pyridine rings is 1. The van der Waals surface area contributed by atoms with Crippen LogP contribution in [-0.2, 0) is 6.54 Å². The molecule has 0 radical (unpaired) electrons. The Labute approximate surface area is 138 Å². The van der Waals surface area contributed by atoms with E-state index < -0.39 is 5.60 Å². The third-order valence-electron chi connectivity index (χ3n) is 4.66. The van der Waals surface area contributed by atoms with Gasteiger partial charge in [0.1, 0.15) is 0 Å². The van der Waals surface area contributed by atoms with E-state index in [1.165, 1.54) is 5.39 Å². The minimum absolute atomic E-state index is 0.547. The fraction of sp³-hybridized carbons (Fsp3) is 0.526. The molecule has 0 unspecified atom stereocenters. The highest BCUT2D eigenvalue weighted by Gasteiger charge is 2.30. The maximum Gasteiger partial charge on any atom is 0.0786 e. The van der Waals surface area contributed by atoms with Crippen LogP contribution in [0.5, 0.6) is 0 Å². The fourth-order valence-corrected chi connectivity index (χ4v) is 3.57. The fourth-order valence-electron chi connectivity index (χ4n) is 3.57. The maximum absolute atomic E-state index is 10.8. The number of nitrogens with zero attached hydrogens (tertiary/aromatic N) is 3. The molecule has 4 nitrogen and oxygen atoms in total. The second kappa shape index (κ2) is 6.95. The topological polar surface area (TPSA) is 39.6 Å². The third kappa shape index (κ3) is 4.28. The van der Waals surface area contributed by atoms with E-state index in [9.17, 15) is 5.11 Å². The summed E-state index contributed by atoms with van der Waals surface area (Å²) < 4.78 is 0. The maximum atomic E-state index is 10.8. The molecule has 0 spiro atoms. The van der Waals surface area contributed by atoms with Crippen molar-refractivity contribution in [3.05, 3.63) is 42.1 Å². The number of hydrogen-bond donors (Lipinski definition) is 1. The molecule has 0 bridgehead atoms. The van der Waals surface area contributed by atoms with Crippen molar-refractivity contribution in [3.8, 4) is 0 Å². The smallest absolute Gasteiger partial charge is 0.0786 e. The highest BCUT2D eigenvalue weighted by Crippen LogP contribution is 2.24. The standard InChI is InChI=1S/C19H27N3O/c1-21(2)15-19(23)10-5-12-22(13-11-19)14-17-9-8-16-6-3-4-7-18(16)20-17/h3-4,6-9,23H,5,10-15H2,1-2H3/t19-/m1/s1. The minimum Gasteiger partial charge on any atom is -0.389 e. The third-order valence-corrected chi connectivity index (χ3v) is 4.66. The quantitative estimate of drug-likeness (QED) is 0.941. The van der Waals surface area contributed by atoms with Crippen molar-refractivity contribution in [1.29, 1.82) is 0 Å². The van der Waals surface area contributed by atoms with E-state index >= 15 is 0 Å². The van der Waals surface area contributed by atoms with Gasteiger partial charge < -0.3 is 10.0 Å². The van der Waals surface area contributed by atoms with E-state index in [0.29, 0.717) is 0 Å². The molecule has 3 rings (SSSR count). The largest absolute Gasteiger partial charge is 0.389 e. The van der Waals surface area contributed by atoms with Crippen LogP contribution in [0.2, 0.25) is 0 Å². The molecule has 2 heterocycles. The molecule has 1 aromatic carbocycles.